The van der Waals surface area contributed by atoms with Gasteiger partial charge in [0.05, 0.1) is 6.42 Å². The summed E-state index contributed by atoms with van der Waals surface area (Å²) in [6, 6.07) is 0. The molecule has 0 heterocycles. The molecule has 0 radical (unpaired) electrons. The molecule has 1 N–H and O–H groups in total. The summed E-state index contributed by atoms with van der Waals surface area (Å²) in [4.78, 5) is 11.6. The molecule has 15 heavy (non-hydrogen) atoms. The van der Waals surface area contributed by atoms with Crippen molar-refractivity contribution in [3.63, 3.8) is 0 Å². The van der Waals surface area contributed by atoms with Gasteiger partial charge in [-0.3, -0.25) is 4.79 Å². The molecular formula is C12H22O3. The van der Waals surface area contributed by atoms with Crippen LogP contribution in [0.25, 0.3) is 0 Å². The highest BCUT2D eigenvalue weighted by atomic mass is 16.6. The molecule has 3 nitrogen and oxygen atoms in total. The fourth-order valence-electron chi connectivity index (χ4n) is 2.24. The van der Waals surface area contributed by atoms with Gasteiger partial charge in [0.1, 0.15) is 5.78 Å². The molecule has 1 rings (SSSR count). The number of ether oxygens (including phenoxy) is 1. The molecule has 0 aliphatic heterocycles. The number of Topliss-reactive ketones (excluding diaryl/α,β-unsaturated/α-hetero) is 1. The molecule has 1 saturated carbocycles. The lowest BCUT2D eigenvalue weighted by atomic mass is 9.85. The van der Waals surface area contributed by atoms with E-state index >= 15 is 0 Å². The molecule has 0 aromatic heterocycles. The van der Waals surface area contributed by atoms with Gasteiger partial charge in [0.2, 0.25) is 0 Å². The Labute approximate surface area is 91.8 Å². The van der Waals surface area contributed by atoms with Gasteiger partial charge >= 0.3 is 0 Å². The maximum absolute atomic E-state index is 11.6. The minimum absolute atomic E-state index is 0.142. The van der Waals surface area contributed by atoms with Crippen LogP contribution < -0.4 is 0 Å². The van der Waals surface area contributed by atoms with Gasteiger partial charge in [-0.25, -0.2) is 0 Å². The fourth-order valence-corrected chi connectivity index (χ4v) is 2.24. The molecule has 0 aromatic carbocycles. The Bertz CT molecular complexity index is 185. The van der Waals surface area contributed by atoms with E-state index in [1.807, 2.05) is 6.92 Å². The molecule has 1 aliphatic rings. The predicted molar refractivity (Wildman–Crippen MR) is 58.4 cm³/mol. The summed E-state index contributed by atoms with van der Waals surface area (Å²) in [5.74, 6) is 0.697. The van der Waals surface area contributed by atoms with Crippen LogP contribution in [-0.4, -0.2) is 23.8 Å². The van der Waals surface area contributed by atoms with Gasteiger partial charge in [0.15, 0.2) is 6.29 Å². The number of rotatable bonds is 6. The van der Waals surface area contributed by atoms with Crippen LogP contribution in [0.5, 0.6) is 0 Å². The number of hydrogen-bond donors (Lipinski definition) is 1. The molecule has 0 bridgehead atoms. The summed E-state index contributed by atoms with van der Waals surface area (Å²) in [5.41, 5.74) is 0. The maximum Gasteiger partial charge on any atom is 0.161 e. The molecule has 0 saturated heterocycles. The van der Waals surface area contributed by atoms with Gasteiger partial charge in [-0.1, -0.05) is 32.1 Å². The van der Waals surface area contributed by atoms with Crippen molar-refractivity contribution in [3.8, 4) is 0 Å². The lowest BCUT2D eigenvalue weighted by molar-refractivity contribution is -0.136. The van der Waals surface area contributed by atoms with Gasteiger partial charge in [-0.05, 0) is 12.8 Å². The van der Waals surface area contributed by atoms with Crippen LogP contribution >= 0.6 is 0 Å². The Morgan fingerprint density at radius 1 is 1.40 bits per heavy atom. The molecule has 3 heteroatoms. The highest BCUT2D eigenvalue weighted by Gasteiger charge is 2.18. The molecule has 1 fully saturated rings. The summed E-state index contributed by atoms with van der Waals surface area (Å²) in [7, 11) is 0. The van der Waals surface area contributed by atoms with Crippen molar-refractivity contribution < 1.29 is 14.6 Å². The topological polar surface area (TPSA) is 46.5 Å². The van der Waals surface area contributed by atoms with Crippen molar-refractivity contribution in [1.82, 2.24) is 0 Å². The van der Waals surface area contributed by atoms with E-state index in [2.05, 4.69) is 0 Å². The third-order valence-corrected chi connectivity index (χ3v) is 3.00. The Kier molecular flexibility index (Phi) is 5.88. The van der Waals surface area contributed by atoms with Crippen molar-refractivity contribution >= 4 is 5.78 Å². The molecular weight excluding hydrogens is 192 g/mol. The first kappa shape index (κ1) is 12.7. The van der Waals surface area contributed by atoms with Gasteiger partial charge in [-0.15, -0.1) is 0 Å². The molecule has 0 spiro atoms. The second-order valence-electron chi connectivity index (χ2n) is 4.36. The largest absolute Gasteiger partial charge is 0.368 e. The molecule has 0 amide bonds. The molecule has 1 aliphatic carbocycles. The van der Waals surface area contributed by atoms with Crippen molar-refractivity contribution in [2.24, 2.45) is 5.92 Å². The van der Waals surface area contributed by atoms with Crippen LogP contribution in [-0.2, 0) is 9.53 Å². The molecule has 0 aromatic rings. The number of carbonyl (C=O) groups is 1. The first-order valence-corrected chi connectivity index (χ1v) is 6.03. The summed E-state index contributed by atoms with van der Waals surface area (Å²) < 4.78 is 4.94. The van der Waals surface area contributed by atoms with E-state index in [-0.39, 0.29) is 12.2 Å². The third-order valence-electron chi connectivity index (χ3n) is 3.00. The van der Waals surface area contributed by atoms with Gasteiger partial charge < -0.3 is 9.84 Å². The van der Waals surface area contributed by atoms with E-state index < -0.39 is 6.29 Å². The van der Waals surface area contributed by atoms with Crippen LogP contribution in [0.2, 0.25) is 0 Å². The zero-order valence-electron chi connectivity index (χ0n) is 9.58. The first-order valence-electron chi connectivity index (χ1n) is 6.03. The van der Waals surface area contributed by atoms with E-state index in [0.717, 1.165) is 0 Å². The molecule has 1 atom stereocenters. The van der Waals surface area contributed by atoms with Gasteiger partial charge in [0.25, 0.3) is 0 Å². The van der Waals surface area contributed by atoms with Crippen molar-refractivity contribution in [2.45, 2.75) is 58.2 Å². The van der Waals surface area contributed by atoms with Gasteiger partial charge in [-0.2, -0.15) is 0 Å². The minimum Gasteiger partial charge on any atom is -0.368 e. The van der Waals surface area contributed by atoms with Crippen LogP contribution in [0.3, 0.4) is 0 Å². The van der Waals surface area contributed by atoms with Crippen LogP contribution in [0, 0.1) is 5.92 Å². The Hall–Kier alpha value is -0.410. The average molecular weight is 214 g/mol. The third kappa shape index (κ3) is 5.28. The monoisotopic (exact) mass is 214 g/mol. The average Bonchev–Trinajstić information content (AvgIpc) is 2.19. The number of aliphatic hydroxyl groups is 1. The Morgan fingerprint density at radius 2 is 2.07 bits per heavy atom. The predicted octanol–water partition coefficient (Wildman–Crippen LogP) is 2.27. The van der Waals surface area contributed by atoms with Crippen LogP contribution in [0.15, 0.2) is 0 Å². The Morgan fingerprint density at radius 3 is 2.67 bits per heavy atom. The Balaban J connectivity index is 2.16. The quantitative estimate of drug-likeness (QED) is 0.690. The van der Waals surface area contributed by atoms with E-state index in [4.69, 9.17) is 4.74 Å². The summed E-state index contributed by atoms with van der Waals surface area (Å²) in [5, 5.41) is 9.31. The second kappa shape index (κ2) is 6.96. The van der Waals surface area contributed by atoms with Crippen molar-refractivity contribution in [2.75, 3.05) is 6.61 Å². The number of carbonyl (C=O) groups excluding carboxylic acids is 1. The van der Waals surface area contributed by atoms with Crippen LogP contribution in [0.4, 0.5) is 0 Å². The van der Waals surface area contributed by atoms with E-state index in [9.17, 15) is 9.90 Å². The summed E-state index contributed by atoms with van der Waals surface area (Å²) in [6.45, 7) is 2.27. The maximum atomic E-state index is 11.6. The van der Waals surface area contributed by atoms with E-state index in [0.29, 0.717) is 18.9 Å². The first-order chi connectivity index (χ1) is 7.22. The SMILES string of the molecule is CCOC(O)CC(=O)CC1CCCCC1. The molecule has 88 valence electrons. The van der Waals surface area contributed by atoms with Gasteiger partial charge in [0, 0.05) is 13.0 Å². The fraction of sp³-hybridized carbons (Fsp3) is 0.917. The summed E-state index contributed by atoms with van der Waals surface area (Å²) >= 11 is 0. The number of ketones is 1. The highest BCUT2D eigenvalue weighted by molar-refractivity contribution is 5.78. The zero-order valence-corrected chi connectivity index (χ0v) is 9.58. The zero-order chi connectivity index (χ0) is 11.1. The summed E-state index contributed by atoms with van der Waals surface area (Å²) in [6.07, 6.45) is 6.07. The van der Waals surface area contributed by atoms with E-state index in [1.54, 1.807) is 0 Å². The van der Waals surface area contributed by atoms with Crippen molar-refractivity contribution in [1.29, 1.82) is 0 Å². The van der Waals surface area contributed by atoms with Crippen molar-refractivity contribution in [3.05, 3.63) is 0 Å². The standard InChI is InChI=1S/C12H22O3/c1-2-15-12(14)9-11(13)8-10-6-4-3-5-7-10/h10,12,14H,2-9H2,1H3. The number of hydrogen-bond acceptors (Lipinski definition) is 3. The second-order valence-corrected chi connectivity index (χ2v) is 4.36. The number of aliphatic hydroxyl groups excluding tert-OH is 1. The molecule has 1 unspecified atom stereocenters. The van der Waals surface area contributed by atoms with Crippen LogP contribution in [0.1, 0.15) is 51.9 Å². The highest BCUT2D eigenvalue weighted by Crippen LogP contribution is 2.26. The minimum atomic E-state index is -0.897. The van der Waals surface area contributed by atoms with E-state index in [1.165, 1.54) is 32.1 Å². The smallest absolute Gasteiger partial charge is 0.161 e. The lowest BCUT2D eigenvalue weighted by Crippen LogP contribution is -2.19. The lowest BCUT2D eigenvalue weighted by Gasteiger charge is -2.21. The normalized spacial score (nSPS) is 20.1.